The molecule has 2 amide bonds. The molecular formula is C24H23F4N7O5. The van der Waals surface area contributed by atoms with Crippen LogP contribution in [0.4, 0.5) is 39.4 Å². The third-order valence-corrected chi connectivity index (χ3v) is 6.64. The Morgan fingerprint density at radius 3 is 2.08 bits per heavy atom. The molecule has 40 heavy (non-hydrogen) atoms. The second-order valence-electron chi connectivity index (χ2n) is 9.15. The molecule has 2 aliphatic heterocycles. The topological polar surface area (TPSA) is 137 Å². The minimum atomic E-state index is -3.24. The molecule has 1 atom stereocenters. The summed E-state index contributed by atoms with van der Waals surface area (Å²) in [6.07, 6.45) is -5.21. The minimum Gasteiger partial charge on any atom is -0.442 e. The van der Waals surface area contributed by atoms with Crippen molar-refractivity contribution in [3.63, 3.8) is 0 Å². The third kappa shape index (κ3) is 4.87. The fraction of sp³-hybridized carbons (Fsp3) is 0.333. The molecule has 2 aromatic carbocycles. The largest absolute Gasteiger partial charge is 0.442 e. The number of alkyl halides is 2. The summed E-state index contributed by atoms with van der Waals surface area (Å²) in [6.45, 7) is -0.723. The Balaban J connectivity index is 1.33. The van der Waals surface area contributed by atoms with Crippen LogP contribution in [-0.2, 0) is 22.6 Å². The highest BCUT2D eigenvalue weighted by Crippen LogP contribution is 2.31. The first-order valence-electron chi connectivity index (χ1n) is 12.1. The molecule has 0 radical (unpaired) electrons. The van der Waals surface area contributed by atoms with Gasteiger partial charge in [-0.15, -0.1) is 0 Å². The number of cyclic esters (lactones) is 1. The molecule has 0 spiro atoms. The number of nitrogen functional groups attached to an aromatic ring is 1. The van der Waals surface area contributed by atoms with E-state index in [-0.39, 0.29) is 38.4 Å². The lowest BCUT2D eigenvalue weighted by Crippen LogP contribution is -2.37. The predicted octanol–water partition coefficient (Wildman–Crippen LogP) is 0.888. The number of hydrogen-bond acceptors (Lipinski definition) is 7. The zero-order valence-corrected chi connectivity index (χ0v) is 20.7. The number of carbonyl (C=O) groups is 2. The average molecular weight is 565 g/mol. The molecular weight excluding hydrogens is 542 g/mol. The number of fused-ring (bicyclic) bond motifs is 1. The summed E-state index contributed by atoms with van der Waals surface area (Å²) < 4.78 is 63.6. The highest BCUT2D eigenvalue weighted by molar-refractivity contribution is 5.90. The molecule has 12 nitrogen and oxygen atoms in total. The maximum atomic E-state index is 15.2. The lowest BCUT2D eigenvalue weighted by molar-refractivity contribution is -0.132. The van der Waals surface area contributed by atoms with E-state index >= 15 is 8.78 Å². The fourth-order valence-electron chi connectivity index (χ4n) is 4.70. The van der Waals surface area contributed by atoms with Gasteiger partial charge in [0.2, 0.25) is 0 Å². The third-order valence-electron chi connectivity index (χ3n) is 6.64. The lowest BCUT2D eigenvalue weighted by atomic mass is 10.2. The maximum Gasteiger partial charge on any atom is 0.414 e. The number of nitrogens with two attached hydrogens (primary N) is 1. The summed E-state index contributed by atoms with van der Waals surface area (Å²) in [5.74, 6) is -3.54. The number of nitrogens with zero attached hydrogens (tertiary/aromatic N) is 5. The van der Waals surface area contributed by atoms with Crippen LogP contribution in [0.3, 0.4) is 0 Å². The van der Waals surface area contributed by atoms with E-state index in [1.807, 2.05) is 5.32 Å². The molecule has 1 saturated heterocycles. The molecule has 5 rings (SSSR count). The molecule has 0 saturated carbocycles. The molecule has 1 aromatic heterocycles. The smallest absolute Gasteiger partial charge is 0.414 e. The number of carbonyl (C=O) groups excluding carboxylic acids is 2. The van der Waals surface area contributed by atoms with E-state index in [0.717, 1.165) is 21.6 Å². The number of ether oxygens (including phenoxy) is 1. The summed E-state index contributed by atoms with van der Waals surface area (Å²) in [5, 5.41) is 1.92. The summed E-state index contributed by atoms with van der Waals surface area (Å²) in [6, 6.07) is 8.03. The fourth-order valence-corrected chi connectivity index (χ4v) is 4.70. The van der Waals surface area contributed by atoms with Crippen molar-refractivity contribution in [2.45, 2.75) is 25.6 Å². The van der Waals surface area contributed by atoms with Crippen LogP contribution >= 0.6 is 0 Å². The Labute approximate surface area is 222 Å². The SMILES string of the molecule is Nc1ccc(-n2c(=O)n3n(c2=O)CCN(c2c(F)cc(N4C[C@H](CNC(=O)C(F)F)OC4=O)cc2F)CC3)cc1. The molecule has 0 bridgehead atoms. The van der Waals surface area contributed by atoms with Crippen LogP contribution in [0.2, 0.25) is 0 Å². The first-order chi connectivity index (χ1) is 19.0. The van der Waals surface area contributed by atoms with Gasteiger partial charge in [0.1, 0.15) is 11.8 Å². The van der Waals surface area contributed by atoms with Gasteiger partial charge in [-0.05, 0) is 24.3 Å². The molecule has 1 fully saturated rings. The van der Waals surface area contributed by atoms with Crippen LogP contribution in [0.25, 0.3) is 5.69 Å². The average Bonchev–Trinajstić information content (AvgIpc) is 3.28. The van der Waals surface area contributed by atoms with Gasteiger partial charge in [-0.3, -0.25) is 9.69 Å². The monoisotopic (exact) mass is 565 g/mol. The number of benzene rings is 2. The first-order valence-corrected chi connectivity index (χ1v) is 12.1. The molecule has 0 aliphatic carbocycles. The first kappa shape index (κ1) is 26.8. The van der Waals surface area contributed by atoms with Crippen molar-refractivity contribution in [3.8, 4) is 5.69 Å². The van der Waals surface area contributed by atoms with Crippen LogP contribution in [0, 0.1) is 11.6 Å². The van der Waals surface area contributed by atoms with Crippen molar-refractivity contribution in [2.24, 2.45) is 0 Å². The summed E-state index contributed by atoms with van der Waals surface area (Å²) in [7, 11) is 0. The van der Waals surface area contributed by atoms with Gasteiger partial charge < -0.3 is 20.7 Å². The van der Waals surface area contributed by atoms with Crippen molar-refractivity contribution < 1.29 is 31.9 Å². The van der Waals surface area contributed by atoms with Crippen LogP contribution in [-0.4, -0.2) is 64.6 Å². The van der Waals surface area contributed by atoms with Crippen molar-refractivity contribution in [3.05, 3.63) is 69.0 Å². The number of halogens is 4. The normalized spacial score (nSPS) is 17.1. The number of rotatable bonds is 6. The van der Waals surface area contributed by atoms with E-state index in [2.05, 4.69) is 0 Å². The quantitative estimate of drug-likeness (QED) is 0.335. The van der Waals surface area contributed by atoms with Crippen molar-refractivity contribution in [1.29, 1.82) is 0 Å². The Morgan fingerprint density at radius 1 is 0.950 bits per heavy atom. The molecule has 0 unspecified atom stereocenters. The van der Waals surface area contributed by atoms with E-state index in [1.54, 1.807) is 12.1 Å². The highest BCUT2D eigenvalue weighted by atomic mass is 19.3. The Kier molecular flexibility index (Phi) is 6.99. The van der Waals surface area contributed by atoms with E-state index in [4.69, 9.17) is 10.5 Å². The van der Waals surface area contributed by atoms with Gasteiger partial charge in [0.25, 0.3) is 5.91 Å². The number of anilines is 3. The number of aromatic nitrogens is 3. The van der Waals surface area contributed by atoms with E-state index < -0.39 is 59.8 Å². The van der Waals surface area contributed by atoms with Gasteiger partial charge in [0.15, 0.2) is 11.6 Å². The van der Waals surface area contributed by atoms with Gasteiger partial charge in [-0.2, -0.15) is 8.78 Å². The molecule has 3 aromatic rings. The van der Waals surface area contributed by atoms with E-state index in [9.17, 15) is 28.0 Å². The van der Waals surface area contributed by atoms with Crippen molar-refractivity contribution in [2.75, 3.05) is 41.7 Å². The molecule has 2 aliphatic rings. The lowest BCUT2D eigenvalue weighted by Gasteiger charge is -2.24. The Bertz CT molecular complexity index is 1520. The standard InChI is InChI=1S/C24H23F4N7O5/c25-17-9-15(32-12-16(40-24(32)39)11-30-21(36)20(27)28)10-18(26)19(17)31-5-7-33-22(37)35(23(38)34(33)8-6-31)14-3-1-13(29)2-4-14/h1-4,9-10,16,20H,5-8,11-12,29H2,(H,30,36)/t16-/m0/s1. The zero-order valence-electron chi connectivity index (χ0n) is 20.7. The second-order valence-corrected chi connectivity index (χ2v) is 9.15. The van der Waals surface area contributed by atoms with Crippen LogP contribution in [0.15, 0.2) is 46.0 Å². The molecule has 16 heteroatoms. The highest BCUT2D eigenvalue weighted by Gasteiger charge is 2.34. The second kappa shape index (κ2) is 10.4. The minimum absolute atomic E-state index is 0.00402. The Morgan fingerprint density at radius 2 is 1.52 bits per heavy atom. The maximum absolute atomic E-state index is 15.2. The van der Waals surface area contributed by atoms with Crippen LogP contribution in [0.5, 0.6) is 0 Å². The van der Waals surface area contributed by atoms with Gasteiger partial charge in [0.05, 0.1) is 37.6 Å². The molecule has 212 valence electrons. The number of hydrogen-bond donors (Lipinski definition) is 2. The molecule has 3 heterocycles. The summed E-state index contributed by atoms with van der Waals surface area (Å²) >= 11 is 0. The summed E-state index contributed by atoms with van der Waals surface area (Å²) in [5.41, 5.74) is 4.67. The van der Waals surface area contributed by atoms with Crippen LogP contribution < -0.4 is 32.2 Å². The number of amides is 2. The number of nitrogens with one attached hydrogen (secondary N) is 1. The molecule has 3 N–H and O–H groups in total. The van der Waals surface area contributed by atoms with Gasteiger partial charge >= 0.3 is 23.9 Å². The van der Waals surface area contributed by atoms with Gasteiger partial charge in [-0.1, -0.05) is 0 Å². The van der Waals surface area contributed by atoms with Gasteiger partial charge in [0, 0.05) is 30.9 Å². The van der Waals surface area contributed by atoms with Crippen LogP contribution in [0.1, 0.15) is 0 Å². The predicted molar refractivity (Wildman–Crippen MR) is 134 cm³/mol. The van der Waals surface area contributed by atoms with Gasteiger partial charge in [-0.25, -0.2) is 37.1 Å². The van der Waals surface area contributed by atoms with E-state index in [0.29, 0.717) is 11.4 Å². The van der Waals surface area contributed by atoms with Crippen molar-refractivity contribution in [1.82, 2.24) is 19.2 Å². The van der Waals surface area contributed by atoms with Crippen molar-refractivity contribution >= 4 is 29.1 Å². The van der Waals surface area contributed by atoms with E-state index in [1.165, 1.54) is 26.4 Å². The zero-order chi connectivity index (χ0) is 28.7. The Hall–Kier alpha value is -4.76. The summed E-state index contributed by atoms with van der Waals surface area (Å²) in [4.78, 5) is 51.6.